The monoisotopic (exact) mass is 388 g/mol. The predicted octanol–water partition coefficient (Wildman–Crippen LogP) is 6.73. The molecule has 2 nitrogen and oxygen atoms in total. The molecule has 154 valence electrons. The van der Waals surface area contributed by atoms with Crippen molar-refractivity contribution >= 4 is 5.71 Å². The maximum atomic E-state index is 8.58. The van der Waals surface area contributed by atoms with Crippen LogP contribution in [0.4, 0.5) is 0 Å². The molecule has 0 aromatic carbocycles. The van der Waals surface area contributed by atoms with Gasteiger partial charge in [0.25, 0.3) is 0 Å². The molecule has 4 aliphatic carbocycles. The molecule has 3 N–H and O–H groups in total. The Morgan fingerprint density at radius 2 is 1.93 bits per heavy atom. The quantitative estimate of drug-likeness (QED) is 0.384. The van der Waals surface area contributed by atoms with E-state index in [1.807, 2.05) is 0 Å². The van der Waals surface area contributed by atoms with Gasteiger partial charge >= 0.3 is 0 Å². The van der Waals surface area contributed by atoms with Crippen molar-refractivity contribution in [2.75, 3.05) is 0 Å². The largest absolute Gasteiger partial charge is 0.324 e. The van der Waals surface area contributed by atoms with E-state index in [0.717, 1.165) is 30.8 Å². The van der Waals surface area contributed by atoms with E-state index in [2.05, 4.69) is 48.6 Å². The van der Waals surface area contributed by atoms with E-state index in [4.69, 9.17) is 11.1 Å². The number of nitrogens with one attached hydrogen (secondary N) is 1. The van der Waals surface area contributed by atoms with Gasteiger partial charge in [0.05, 0.1) is 0 Å². The molecule has 0 amide bonds. The summed E-state index contributed by atoms with van der Waals surface area (Å²) >= 11 is 0. The van der Waals surface area contributed by atoms with Crippen molar-refractivity contribution in [3.63, 3.8) is 0 Å². The lowest BCUT2D eigenvalue weighted by atomic mass is 9.80. The molecule has 0 aromatic rings. The fraction of sp³-hybridized carbons (Fsp3) is 0.519. The van der Waals surface area contributed by atoms with Gasteiger partial charge in [-0.1, -0.05) is 65.3 Å². The molecule has 29 heavy (non-hydrogen) atoms. The first-order chi connectivity index (χ1) is 14.2. The lowest BCUT2D eigenvalue weighted by molar-refractivity contribution is 0.527. The summed E-state index contributed by atoms with van der Waals surface area (Å²) in [5, 5.41) is 8.58. The zero-order chi connectivity index (χ0) is 20.1. The summed E-state index contributed by atoms with van der Waals surface area (Å²) in [5.41, 5.74) is 12.8. The Balaban J connectivity index is 1.31. The van der Waals surface area contributed by atoms with E-state index >= 15 is 0 Å². The third-order valence-corrected chi connectivity index (χ3v) is 7.16. The molecule has 0 saturated carbocycles. The summed E-state index contributed by atoms with van der Waals surface area (Å²) in [4.78, 5) is 0. The number of hydrogen-bond donors (Lipinski definition) is 2. The topological polar surface area (TPSA) is 49.9 Å². The highest BCUT2D eigenvalue weighted by molar-refractivity contribution is 6.01. The Labute approximate surface area is 176 Å². The SMILES string of the molecule is N=C(CC(N)C1=CC=C([C@@H]2CC=CCC2)CC1)C1=CCC(C2=CCCCC2)C=C1. The van der Waals surface area contributed by atoms with E-state index in [0.29, 0.717) is 18.1 Å². The first kappa shape index (κ1) is 20.3. The molecule has 0 radical (unpaired) electrons. The van der Waals surface area contributed by atoms with Crippen molar-refractivity contribution in [2.45, 2.75) is 76.7 Å². The molecule has 2 heteroatoms. The molecule has 0 spiro atoms. The summed E-state index contributed by atoms with van der Waals surface area (Å²) < 4.78 is 0. The first-order valence-corrected chi connectivity index (χ1v) is 11.7. The summed E-state index contributed by atoms with van der Waals surface area (Å²) in [7, 11) is 0. The number of nitrogens with two attached hydrogens (primary N) is 1. The predicted molar refractivity (Wildman–Crippen MR) is 124 cm³/mol. The average molecular weight is 389 g/mol. The molecule has 0 aromatic heterocycles. The molecule has 2 unspecified atom stereocenters. The van der Waals surface area contributed by atoms with E-state index in [1.54, 1.807) is 11.1 Å². The van der Waals surface area contributed by atoms with Crippen molar-refractivity contribution in [3.05, 3.63) is 70.9 Å². The molecule has 3 atom stereocenters. The van der Waals surface area contributed by atoms with Crippen LogP contribution in [-0.2, 0) is 0 Å². The Hall–Kier alpha value is -1.93. The molecule has 0 bridgehead atoms. The number of rotatable bonds is 6. The van der Waals surface area contributed by atoms with Crippen LogP contribution in [0.15, 0.2) is 70.9 Å². The first-order valence-electron chi connectivity index (χ1n) is 11.7. The van der Waals surface area contributed by atoms with Crippen LogP contribution in [0.1, 0.15) is 70.6 Å². The van der Waals surface area contributed by atoms with Crippen molar-refractivity contribution in [1.82, 2.24) is 0 Å². The summed E-state index contributed by atoms with van der Waals surface area (Å²) in [6, 6.07) is -0.0281. The van der Waals surface area contributed by atoms with Crippen LogP contribution in [-0.4, -0.2) is 11.8 Å². The van der Waals surface area contributed by atoms with Crippen LogP contribution in [0.25, 0.3) is 0 Å². The Morgan fingerprint density at radius 1 is 1.00 bits per heavy atom. The van der Waals surface area contributed by atoms with Gasteiger partial charge in [0, 0.05) is 24.1 Å². The highest BCUT2D eigenvalue weighted by Crippen LogP contribution is 2.34. The summed E-state index contributed by atoms with van der Waals surface area (Å²) in [6.45, 7) is 0. The van der Waals surface area contributed by atoms with Gasteiger partial charge in [-0.2, -0.15) is 0 Å². The van der Waals surface area contributed by atoms with Crippen LogP contribution < -0.4 is 5.73 Å². The minimum atomic E-state index is -0.0281. The highest BCUT2D eigenvalue weighted by Gasteiger charge is 2.21. The minimum absolute atomic E-state index is 0.0281. The second-order valence-corrected chi connectivity index (χ2v) is 9.14. The molecule has 0 saturated heterocycles. The zero-order valence-electron chi connectivity index (χ0n) is 17.7. The van der Waals surface area contributed by atoms with Crippen LogP contribution >= 0.6 is 0 Å². The second kappa shape index (κ2) is 9.71. The standard InChI is InChI=1S/C27H36N2/c28-26(24-15-11-22(12-16-24)20-7-3-1-4-8-20)19-27(29)25-17-13-23(14-18-25)21-9-5-2-6-10-21/h1,3,9,11,13,15,17-18,20,23,26,29H,2,4-8,10,12,14,16,19,28H2/t20-,23?,26?/m1/s1. The van der Waals surface area contributed by atoms with Crippen LogP contribution in [0.5, 0.6) is 0 Å². The van der Waals surface area contributed by atoms with Gasteiger partial charge < -0.3 is 11.1 Å². The van der Waals surface area contributed by atoms with Crippen LogP contribution in [0, 0.1) is 17.2 Å². The van der Waals surface area contributed by atoms with Crippen LogP contribution in [0.3, 0.4) is 0 Å². The van der Waals surface area contributed by atoms with Crippen molar-refractivity contribution in [3.8, 4) is 0 Å². The van der Waals surface area contributed by atoms with E-state index < -0.39 is 0 Å². The van der Waals surface area contributed by atoms with Gasteiger partial charge in [0.2, 0.25) is 0 Å². The molecule has 0 fully saturated rings. The van der Waals surface area contributed by atoms with Gasteiger partial charge in [-0.05, 0) is 75.7 Å². The lowest BCUT2D eigenvalue weighted by Crippen LogP contribution is -2.27. The molecular weight excluding hydrogens is 352 g/mol. The zero-order valence-corrected chi connectivity index (χ0v) is 17.7. The van der Waals surface area contributed by atoms with Gasteiger partial charge in [-0.25, -0.2) is 0 Å². The van der Waals surface area contributed by atoms with Crippen molar-refractivity contribution in [1.29, 1.82) is 5.41 Å². The Bertz CT molecular complexity index is 802. The molecule has 4 rings (SSSR count). The average Bonchev–Trinajstić information content (AvgIpc) is 2.80. The summed E-state index contributed by atoms with van der Waals surface area (Å²) in [6.07, 6.45) is 31.2. The molecule has 0 aliphatic heterocycles. The molecular formula is C27H36N2. The van der Waals surface area contributed by atoms with E-state index in [1.165, 1.54) is 50.5 Å². The summed E-state index contributed by atoms with van der Waals surface area (Å²) in [5.74, 6) is 1.29. The van der Waals surface area contributed by atoms with Gasteiger partial charge in [0.1, 0.15) is 0 Å². The Morgan fingerprint density at radius 3 is 2.59 bits per heavy atom. The fourth-order valence-electron chi connectivity index (χ4n) is 5.24. The van der Waals surface area contributed by atoms with Crippen molar-refractivity contribution in [2.24, 2.45) is 17.6 Å². The lowest BCUT2D eigenvalue weighted by Gasteiger charge is -2.26. The normalized spacial score (nSPS) is 28.2. The highest BCUT2D eigenvalue weighted by atomic mass is 14.6. The van der Waals surface area contributed by atoms with E-state index in [-0.39, 0.29) is 6.04 Å². The van der Waals surface area contributed by atoms with E-state index in [9.17, 15) is 0 Å². The Kier molecular flexibility index (Phi) is 6.82. The number of hydrogen-bond acceptors (Lipinski definition) is 2. The third kappa shape index (κ3) is 5.17. The minimum Gasteiger partial charge on any atom is -0.324 e. The maximum absolute atomic E-state index is 8.58. The fourth-order valence-corrected chi connectivity index (χ4v) is 5.24. The van der Waals surface area contributed by atoms with Crippen LogP contribution in [0.2, 0.25) is 0 Å². The maximum Gasteiger partial charge on any atom is 0.0401 e. The second-order valence-electron chi connectivity index (χ2n) is 9.14. The molecule has 4 aliphatic rings. The van der Waals surface area contributed by atoms with Gasteiger partial charge in [0.15, 0.2) is 0 Å². The van der Waals surface area contributed by atoms with Gasteiger partial charge in [-0.15, -0.1) is 0 Å². The number of allylic oxidation sites excluding steroid dienone is 11. The smallest absolute Gasteiger partial charge is 0.0401 e. The molecule has 0 heterocycles. The third-order valence-electron chi connectivity index (χ3n) is 7.16. The van der Waals surface area contributed by atoms with Crippen molar-refractivity contribution < 1.29 is 0 Å². The van der Waals surface area contributed by atoms with Gasteiger partial charge in [-0.3, -0.25) is 0 Å².